The van der Waals surface area contributed by atoms with Crippen LogP contribution in [0.4, 0.5) is 10.5 Å². The maximum atomic E-state index is 12.2. The molecule has 1 amide bonds. The van der Waals surface area contributed by atoms with E-state index in [9.17, 15) is 4.79 Å². The number of ether oxygens (including phenoxy) is 1. The van der Waals surface area contributed by atoms with Crippen molar-refractivity contribution in [2.24, 2.45) is 4.99 Å². The van der Waals surface area contributed by atoms with Crippen LogP contribution in [-0.2, 0) is 10.3 Å². The van der Waals surface area contributed by atoms with Crippen LogP contribution in [-0.4, -0.2) is 41.1 Å². The Bertz CT molecular complexity index is 1040. The Kier molecular flexibility index (Phi) is 7.54. The van der Waals surface area contributed by atoms with Crippen molar-refractivity contribution >= 4 is 40.3 Å². The quantitative estimate of drug-likeness (QED) is 0.535. The van der Waals surface area contributed by atoms with Crippen LogP contribution < -0.4 is 10.6 Å². The third-order valence-corrected chi connectivity index (χ3v) is 6.43. The van der Waals surface area contributed by atoms with E-state index in [1.54, 1.807) is 0 Å². The van der Waals surface area contributed by atoms with E-state index >= 15 is 0 Å². The molecule has 1 aromatic carbocycles. The highest BCUT2D eigenvalue weighted by Gasteiger charge is 2.32. The van der Waals surface area contributed by atoms with E-state index in [1.165, 1.54) is 11.8 Å². The van der Waals surface area contributed by atoms with Gasteiger partial charge in [-0.1, -0.05) is 36.0 Å². The average molecular weight is 489 g/mol. The van der Waals surface area contributed by atoms with Crippen LogP contribution in [0.25, 0.3) is 0 Å². The Labute approximate surface area is 206 Å². The van der Waals surface area contributed by atoms with Crippen LogP contribution in [0, 0.1) is 6.92 Å². The maximum absolute atomic E-state index is 12.2. The third-order valence-electron chi connectivity index (χ3n) is 5.31. The monoisotopic (exact) mass is 488 g/mol. The molecular formula is C25H33ClN4O2S. The lowest BCUT2D eigenvalue weighted by atomic mass is 9.88. The minimum absolute atomic E-state index is 0.462. The molecule has 0 aromatic heterocycles. The number of aliphatic imine (C=N–C) groups is 1. The first-order valence-corrected chi connectivity index (χ1v) is 12.3. The normalized spacial score (nSPS) is 20.9. The first-order valence-electron chi connectivity index (χ1n) is 10.9. The fraction of sp³-hybridized carbons (Fsp3) is 0.440. The number of anilines is 1. The van der Waals surface area contributed by atoms with Crippen LogP contribution in [0.5, 0.6) is 0 Å². The highest BCUT2D eigenvalue weighted by Crippen LogP contribution is 2.37. The van der Waals surface area contributed by atoms with Crippen LogP contribution in [0.2, 0.25) is 0 Å². The molecule has 33 heavy (non-hydrogen) atoms. The van der Waals surface area contributed by atoms with Gasteiger partial charge in [0.15, 0.2) is 5.17 Å². The van der Waals surface area contributed by atoms with E-state index in [0.717, 1.165) is 45.4 Å². The number of likely N-dealkylation sites (N-methyl/N-ethyl adjacent to an activating group) is 1. The fourth-order valence-electron chi connectivity index (χ4n) is 3.72. The van der Waals surface area contributed by atoms with E-state index in [2.05, 4.69) is 54.2 Å². The van der Waals surface area contributed by atoms with Crippen molar-refractivity contribution in [1.82, 2.24) is 10.2 Å². The summed E-state index contributed by atoms with van der Waals surface area (Å²) in [6.07, 6.45) is 4.24. The molecule has 178 valence electrons. The summed E-state index contributed by atoms with van der Waals surface area (Å²) >= 11 is 7.67. The molecule has 0 radical (unpaired) electrons. The summed E-state index contributed by atoms with van der Waals surface area (Å²) in [6.45, 7) is 14.6. The second kappa shape index (κ2) is 9.85. The summed E-state index contributed by atoms with van der Waals surface area (Å²) < 4.78 is 5.38. The van der Waals surface area contributed by atoms with Gasteiger partial charge in [0.25, 0.3) is 0 Å². The van der Waals surface area contributed by atoms with Crippen molar-refractivity contribution in [3.63, 3.8) is 0 Å². The number of halogens is 1. The van der Waals surface area contributed by atoms with Crippen LogP contribution >= 0.6 is 23.4 Å². The van der Waals surface area contributed by atoms with Gasteiger partial charge in [-0.15, -0.1) is 0 Å². The summed E-state index contributed by atoms with van der Waals surface area (Å²) in [4.78, 5) is 19.2. The standard InChI is InChI=1S/C25H33ClN4O2S/c1-16-12-18(14-20(13-16)27-17(2)21-9-8-19(26)15-30(21)7)25(6)10-11-33-22(29-25)28-23(31)32-24(3,4)5/h8-9,12-14,27H,2,10-11,15H2,1,3-7H3,(H,28,29,31). The number of nitrogens with zero attached hydrogens (tertiary/aromatic N) is 2. The summed E-state index contributed by atoms with van der Waals surface area (Å²) in [5, 5.41) is 7.62. The van der Waals surface area contributed by atoms with E-state index < -0.39 is 17.2 Å². The van der Waals surface area contributed by atoms with E-state index in [1.807, 2.05) is 40.0 Å². The Morgan fingerprint density at radius 3 is 2.67 bits per heavy atom. The molecule has 0 saturated carbocycles. The van der Waals surface area contributed by atoms with Crippen molar-refractivity contribution in [3.05, 3.63) is 64.5 Å². The second-order valence-corrected chi connectivity index (χ2v) is 11.2. The number of hydrogen-bond acceptors (Lipinski definition) is 6. The summed E-state index contributed by atoms with van der Waals surface area (Å²) in [5.74, 6) is 0.847. The van der Waals surface area contributed by atoms with Crippen LogP contribution in [0.1, 0.15) is 45.2 Å². The fourth-order valence-corrected chi connectivity index (χ4v) is 5.08. The smallest absolute Gasteiger partial charge is 0.413 e. The third kappa shape index (κ3) is 6.81. The minimum Gasteiger partial charge on any atom is -0.444 e. The number of carbonyl (C=O) groups is 1. The largest absolute Gasteiger partial charge is 0.444 e. The number of amidine groups is 1. The van der Waals surface area contributed by atoms with Crippen molar-refractivity contribution < 1.29 is 9.53 Å². The number of rotatable bonds is 4. The maximum Gasteiger partial charge on any atom is 0.413 e. The molecule has 1 atom stereocenters. The Morgan fingerprint density at radius 2 is 2.00 bits per heavy atom. The average Bonchev–Trinajstić information content (AvgIpc) is 2.65. The molecule has 1 unspecified atom stereocenters. The van der Waals surface area contributed by atoms with Gasteiger partial charge in [0.05, 0.1) is 23.5 Å². The van der Waals surface area contributed by atoms with Gasteiger partial charge in [-0.3, -0.25) is 10.3 Å². The van der Waals surface area contributed by atoms with Crippen LogP contribution in [0.3, 0.4) is 0 Å². The highest BCUT2D eigenvalue weighted by atomic mass is 35.5. The Hall–Kier alpha value is -2.38. The summed E-state index contributed by atoms with van der Waals surface area (Å²) in [6, 6.07) is 6.34. The molecule has 2 heterocycles. The molecular weight excluding hydrogens is 456 g/mol. The lowest BCUT2D eigenvalue weighted by Gasteiger charge is -2.32. The predicted molar refractivity (Wildman–Crippen MR) is 140 cm³/mol. The Morgan fingerprint density at radius 1 is 1.27 bits per heavy atom. The molecule has 6 nitrogen and oxygen atoms in total. The molecule has 2 aliphatic heterocycles. The van der Waals surface area contributed by atoms with E-state index in [0.29, 0.717) is 11.7 Å². The Balaban J connectivity index is 1.81. The van der Waals surface area contributed by atoms with E-state index in [-0.39, 0.29) is 0 Å². The van der Waals surface area contributed by atoms with Gasteiger partial charge in [-0.05, 0) is 76.5 Å². The summed E-state index contributed by atoms with van der Waals surface area (Å²) in [7, 11) is 1.99. The molecule has 0 aliphatic carbocycles. The minimum atomic E-state index is -0.560. The first-order chi connectivity index (χ1) is 15.3. The van der Waals surface area contributed by atoms with Crippen molar-refractivity contribution in [3.8, 4) is 0 Å². The van der Waals surface area contributed by atoms with Gasteiger partial charge in [0.2, 0.25) is 0 Å². The zero-order valence-corrected chi connectivity index (χ0v) is 21.8. The van der Waals surface area contributed by atoms with Gasteiger partial charge >= 0.3 is 6.09 Å². The number of aryl methyl sites for hydroxylation is 1. The van der Waals surface area contributed by atoms with Crippen molar-refractivity contribution in [2.45, 2.75) is 52.2 Å². The number of allylic oxidation sites excluding steroid dienone is 2. The lowest BCUT2D eigenvalue weighted by Crippen LogP contribution is -2.38. The van der Waals surface area contributed by atoms with Gasteiger partial charge in [0.1, 0.15) is 5.60 Å². The number of thioether (sulfide) groups is 1. The molecule has 0 spiro atoms. The number of alkyl carbamates (subject to hydrolysis) is 1. The number of amides is 1. The first kappa shape index (κ1) is 25.2. The van der Waals surface area contributed by atoms with Crippen molar-refractivity contribution in [2.75, 3.05) is 24.7 Å². The molecule has 0 fully saturated rings. The van der Waals surface area contributed by atoms with E-state index in [4.69, 9.17) is 21.3 Å². The zero-order chi connectivity index (χ0) is 24.4. The van der Waals surface area contributed by atoms with Gasteiger partial charge in [0, 0.05) is 23.5 Å². The van der Waals surface area contributed by atoms with Gasteiger partial charge < -0.3 is 15.0 Å². The highest BCUT2D eigenvalue weighted by molar-refractivity contribution is 8.13. The molecule has 8 heteroatoms. The molecule has 3 rings (SSSR count). The number of nitrogens with one attached hydrogen (secondary N) is 2. The van der Waals surface area contributed by atoms with Crippen molar-refractivity contribution in [1.29, 1.82) is 0 Å². The number of hydrogen-bond donors (Lipinski definition) is 2. The molecule has 0 saturated heterocycles. The molecule has 1 aromatic rings. The molecule has 2 N–H and O–H groups in total. The predicted octanol–water partition coefficient (Wildman–Crippen LogP) is 6.11. The van der Waals surface area contributed by atoms with Crippen LogP contribution in [0.15, 0.2) is 58.3 Å². The summed E-state index contributed by atoms with van der Waals surface area (Å²) in [5.41, 5.74) is 3.91. The number of benzene rings is 1. The van der Waals surface area contributed by atoms with Gasteiger partial charge in [-0.2, -0.15) is 0 Å². The topological polar surface area (TPSA) is 66.0 Å². The molecule has 0 bridgehead atoms. The van der Waals surface area contributed by atoms with Gasteiger partial charge in [-0.25, -0.2) is 4.79 Å². The lowest BCUT2D eigenvalue weighted by molar-refractivity contribution is 0.0564. The number of carbonyl (C=O) groups excluding carboxylic acids is 1. The SMILES string of the molecule is C=C(Nc1cc(C)cc(C2(C)CCSC(NC(=O)OC(C)(C)C)=N2)c1)C1=CC=C(Cl)CN1C. The zero-order valence-electron chi connectivity index (χ0n) is 20.2. The molecule has 2 aliphatic rings. The second-order valence-electron chi connectivity index (χ2n) is 9.63.